The third-order valence-corrected chi connectivity index (χ3v) is 8.50. The summed E-state index contributed by atoms with van der Waals surface area (Å²) in [5.74, 6) is -0.136. The van der Waals surface area contributed by atoms with Crippen molar-refractivity contribution in [2.45, 2.75) is 44.6 Å². The Balaban J connectivity index is 1.54. The van der Waals surface area contributed by atoms with E-state index < -0.39 is 10.0 Å². The summed E-state index contributed by atoms with van der Waals surface area (Å²) in [6.45, 7) is 8.52. The first-order valence-electron chi connectivity index (χ1n) is 12.6. The molecule has 0 spiro atoms. The van der Waals surface area contributed by atoms with Gasteiger partial charge in [-0.2, -0.15) is 0 Å². The minimum absolute atomic E-state index is 0.136. The highest BCUT2D eigenvalue weighted by atomic mass is 32.2. The summed E-state index contributed by atoms with van der Waals surface area (Å²) >= 11 is 0. The Bertz CT molecular complexity index is 1290. The molecule has 4 rings (SSSR count). The number of carbonyl (C=O) groups is 1. The minimum Gasteiger partial charge on any atom is -0.365 e. The topological polar surface area (TPSA) is 60.9 Å². The summed E-state index contributed by atoms with van der Waals surface area (Å²) in [5, 5.41) is 0. The Labute approximate surface area is 215 Å². The molecule has 3 aromatic rings. The number of benzene rings is 3. The molecule has 0 unspecified atom stereocenters. The van der Waals surface area contributed by atoms with Crippen LogP contribution >= 0.6 is 0 Å². The number of para-hydroxylation sites is 1. The van der Waals surface area contributed by atoms with Crippen molar-refractivity contribution in [3.05, 3.63) is 90.0 Å². The number of carbonyl (C=O) groups excluding carboxylic acids is 1. The molecule has 1 fully saturated rings. The SMILES string of the molecule is CCCCN(c1ccccc1)S(=O)(=O)c1cccc(C(=O)N2CCN(c3cccc(C)c3)[C@H](C)C2)c1. The maximum absolute atomic E-state index is 13.7. The highest BCUT2D eigenvalue weighted by molar-refractivity contribution is 7.92. The van der Waals surface area contributed by atoms with E-state index in [2.05, 4.69) is 43.0 Å². The minimum atomic E-state index is -3.82. The summed E-state index contributed by atoms with van der Waals surface area (Å²) in [6, 6.07) is 24.2. The van der Waals surface area contributed by atoms with Gasteiger partial charge in [0.2, 0.25) is 0 Å². The normalized spacial score (nSPS) is 16.1. The average molecular weight is 506 g/mol. The van der Waals surface area contributed by atoms with Crippen LogP contribution in [0.1, 0.15) is 42.6 Å². The van der Waals surface area contributed by atoms with Gasteiger partial charge in [-0.25, -0.2) is 8.42 Å². The third-order valence-electron chi connectivity index (χ3n) is 6.68. The van der Waals surface area contributed by atoms with E-state index in [1.165, 1.54) is 15.9 Å². The van der Waals surface area contributed by atoms with Crippen LogP contribution < -0.4 is 9.21 Å². The van der Waals surface area contributed by atoms with E-state index in [-0.39, 0.29) is 16.8 Å². The largest absolute Gasteiger partial charge is 0.365 e. The Morgan fingerprint density at radius 1 is 0.972 bits per heavy atom. The Morgan fingerprint density at radius 3 is 2.42 bits per heavy atom. The molecule has 1 heterocycles. The van der Waals surface area contributed by atoms with Crippen LogP contribution in [0.25, 0.3) is 0 Å². The Morgan fingerprint density at radius 2 is 1.72 bits per heavy atom. The monoisotopic (exact) mass is 505 g/mol. The molecule has 1 aliphatic heterocycles. The van der Waals surface area contributed by atoms with Gasteiger partial charge < -0.3 is 9.80 Å². The molecule has 0 aliphatic carbocycles. The van der Waals surface area contributed by atoms with E-state index in [0.29, 0.717) is 30.9 Å². The lowest BCUT2D eigenvalue weighted by Crippen LogP contribution is -2.53. The fourth-order valence-electron chi connectivity index (χ4n) is 4.72. The molecule has 0 radical (unpaired) electrons. The highest BCUT2D eigenvalue weighted by Gasteiger charge is 2.29. The van der Waals surface area contributed by atoms with Gasteiger partial charge in [0, 0.05) is 43.5 Å². The van der Waals surface area contributed by atoms with Gasteiger partial charge in [-0.15, -0.1) is 0 Å². The van der Waals surface area contributed by atoms with E-state index in [0.717, 1.165) is 25.1 Å². The molecule has 3 aromatic carbocycles. The molecule has 0 N–H and O–H groups in total. The van der Waals surface area contributed by atoms with Crippen molar-refractivity contribution in [3.8, 4) is 0 Å². The summed E-state index contributed by atoms with van der Waals surface area (Å²) in [7, 11) is -3.82. The molecule has 0 aromatic heterocycles. The number of sulfonamides is 1. The van der Waals surface area contributed by atoms with Crippen LogP contribution in [0.15, 0.2) is 83.8 Å². The first kappa shape index (κ1) is 25.8. The molecule has 190 valence electrons. The quantitative estimate of drug-likeness (QED) is 0.415. The van der Waals surface area contributed by atoms with Crippen LogP contribution in [0.4, 0.5) is 11.4 Å². The lowest BCUT2D eigenvalue weighted by Gasteiger charge is -2.41. The van der Waals surface area contributed by atoms with Crippen molar-refractivity contribution in [2.75, 3.05) is 35.4 Å². The summed E-state index contributed by atoms with van der Waals surface area (Å²) in [6.07, 6.45) is 1.62. The molecule has 6 nitrogen and oxygen atoms in total. The van der Waals surface area contributed by atoms with E-state index in [1.54, 1.807) is 30.3 Å². The number of unbranched alkanes of at least 4 members (excludes halogenated alkanes) is 1. The zero-order valence-electron chi connectivity index (χ0n) is 21.3. The molecule has 0 bridgehead atoms. The van der Waals surface area contributed by atoms with Crippen LogP contribution in [-0.2, 0) is 10.0 Å². The number of anilines is 2. The molecule has 1 atom stereocenters. The predicted molar refractivity (Wildman–Crippen MR) is 146 cm³/mol. The molecule has 1 amide bonds. The zero-order valence-corrected chi connectivity index (χ0v) is 22.1. The van der Waals surface area contributed by atoms with Crippen molar-refractivity contribution >= 4 is 27.3 Å². The van der Waals surface area contributed by atoms with Gasteiger partial charge in [-0.3, -0.25) is 9.10 Å². The standard InChI is InChI=1S/C29H35N3O3S/c1-4-5-17-32(26-13-7-6-8-14-26)36(34,35)28-16-10-12-25(21-28)29(33)30-18-19-31(24(3)22-30)27-15-9-11-23(2)20-27/h6-16,20-21,24H,4-5,17-19,22H2,1-3H3/t24-/m1/s1. The van der Waals surface area contributed by atoms with Crippen molar-refractivity contribution in [2.24, 2.45) is 0 Å². The van der Waals surface area contributed by atoms with Crippen molar-refractivity contribution < 1.29 is 13.2 Å². The second-order valence-electron chi connectivity index (χ2n) is 9.43. The molecule has 7 heteroatoms. The number of nitrogens with zero attached hydrogens (tertiary/aromatic N) is 3. The zero-order chi connectivity index (χ0) is 25.7. The molecule has 36 heavy (non-hydrogen) atoms. The van der Waals surface area contributed by atoms with Crippen LogP contribution in [0.3, 0.4) is 0 Å². The van der Waals surface area contributed by atoms with Gasteiger partial charge in [0.1, 0.15) is 0 Å². The van der Waals surface area contributed by atoms with E-state index in [9.17, 15) is 13.2 Å². The molecule has 1 saturated heterocycles. The van der Waals surface area contributed by atoms with Crippen LogP contribution in [0.5, 0.6) is 0 Å². The van der Waals surface area contributed by atoms with Crippen molar-refractivity contribution in [1.29, 1.82) is 0 Å². The highest BCUT2D eigenvalue weighted by Crippen LogP contribution is 2.26. The Kier molecular flexibility index (Phi) is 7.99. The molecular weight excluding hydrogens is 470 g/mol. The summed E-state index contributed by atoms with van der Waals surface area (Å²) < 4.78 is 28.8. The van der Waals surface area contributed by atoms with Gasteiger partial charge in [0.05, 0.1) is 10.6 Å². The lowest BCUT2D eigenvalue weighted by molar-refractivity contribution is 0.0726. The smallest absolute Gasteiger partial charge is 0.264 e. The average Bonchev–Trinajstić information content (AvgIpc) is 2.89. The number of hydrogen-bond acceptors (Lipinski definition) is 4. The first-order chi connectivity index (χ1) is 17.3. The van der Waals surface area contributed by atoms with Gasteiger partial charge in [0.25, 0.3) is 15.9 Å². The first-order valence-corrected chi connectivity index (χ1v) is 14.1. The lowest BCUT2D eigenvalue weighted by atomic mass is 10.1. The van der Waals surface area contributed by atoms with E-state index in [4.69, 9.17) is 0 Å². The van der Waals surface area contributed by atoms with Crippen LogP contribution in [0.2, 0.25) is 0 Å². The van der Waals surface area contributed by atoms with E-state index >= 15 is 0 Å². The van der Waals surface area contributed by atoms with Gasteiger partial charge >= 0.3 is 0 Å². The number of hydrogen-bond donors (Lipinski definition) is 0. The molecule has 0 saturated carbocycles. The fourth-order valence-corrected chi connectivity index (χ4v) is 6.27. The Hall–Kier alpha value is -3.32. The summed E-state index contributed by atoms with van der Waals surface area (Å²) in [5.41, 5.74) is 3.40. The summed E-state index contributed by atoms with van der Waals surface area (Å²) in [4.78, 5) is 17.7. The second kappa shape index (κ2) is 11.2. The number of rotatable bonds is 8. The fraction of sp³-hybridized carbons (Fsp3) is 0.345. The number of amides is 1. The van der Waals surface area contributed by atoms with Gasteiger partial charge in [-0.05, 0) is 68.3 Å². The maximum atomic E-state index is 13.7. The third kappa shape index (κ3) is 5.57. The van der Waals surface area contributed by atoms with E-state index in [1.807, 2.05) is 30.0 Å². The molecule has 1 aliphatic rings. The van der Waals surface area contributed by atoms with Crippen LogP contribution in [-0.4, -0.2) is 51.4 Å². The van der Waals surface area contributed by atoms with Crippen molar-refractivity contribution in [1.82, 2.24) is 4.90 Å². The molecular formula is C29H35N3O3S. The predicted octanol–water partition coefficient (Wildman–Crippen LogP) is 5.34. The van der Waals surface area contributed by atoms with Gasteiger partial charge in [-0.1, -0.05) is 49.7 Å². The van der Waals surface area contributed by atoms with Crippen molar-refractivity contribution in [3.63, 3.8) is 0 Å². The maximum Gasteiger partial charge on any atom is 0.264 e. The second-order valence-corrected chi connectivity index (χ2v) is 11.3. The number of piperazine rings is 1. The van der Waals surface area contributed by atoms with Crippen LogP contribution in [0, 0.1) is 6.92 Å². The number of aryl methyl sites for hydroxylation is 1. The van der Waals surface area contributed by atoms with Gasteiger partial charge in [0.15, 0.2) is 0 Å².